The predicted molar refractivity (Wildman–Crippen MR) is 96.5 cm³/mol. The first-order chi connectivity index (χ1) is 12.2. The van der Waals surface area contributed by atoms with Crippen molar-refractivity contribution in [3.63, 3.8) is 0 Å². The summed E-state index contributed by atoms with van der Waals surface area (Å²) in [7, 11) is 1.62. The smallest absolute Gasteiger partial charge is 0.255 e. The highest BCUT2D eigenvalue weighted by Crippen LogP contribution is 2.29. The molecule has 1 N–H and O–H groups in total. The largest absolute Gasteiger partial charge is 0.359 e. The van der Waals surface area contributed by atoms with Crippen molar-refractivity contribution in [1.29, 1.82) is 0 Å². The van der Waals surface area contributed by atoms with Crippen molar-refractivity contribution >= 4 is 33.2 Å². The monoisotopic (exact) mass is 354 g/mol. The van der Waals surface area contributed by atoms with E-state index >= 15 is 0 Å². The van der Waals surface area contributed by atoms with E-state index in [4.69, 9.17) is 0 Å². The molecule has 0 bridgehead atoms. The molecule has 0 radical (unpaired) electrons. The average Bonchev–Trinajstić information content (AvgIpc) is 3.27. The van der Waals surface area contributed by atoms with Gasteiger partial charge in [0.15, 0.2) is 0 Å². The Balaban J connectivity index is 1.64. The molecule has 0 aliphatic carbocycles. The zero-order chi connectivity index (χ0) is 17.4. The highest BCUT2D eigenvalue weighted by molar-refractivity contribution is 7.17. The van der Waals surface area contributed by atoms with Crippen LogP contribution >= 0.6 is 11.3 Å². The lowest BCUT2D eigenvalue weighted by molar-refractivity contribution is -0.121. The van der Waals surface area contributed by atoms with E-state index in [0.29, 0.717) is 19.5 Å². The summed E-state index contributed by atoms with van der Waals surface area (Å²) in [5, 5.41) is 9.89. The highest BCUT2D eigenvalue weighted by Gasteiger charge is 2.31. The van der Waals surface area contributed by atoms with E-state index in [9.17, 15) is 9.59 Å². The van der Waals surface area contributed by atoms with Crippen molar-refractivity contribution < 1.29 is 9.59 Å². The van der Waals surface area contributed by atoms with Gasteiger partial charge >= 0.3 is 0 Å². The van der Waals surface area contributed by atoms with E-state index in [1.807, 2.05) is 45.3 Å². The second-order valence-electron chi connectivity index (χ2n) is 6.13. The summed E-state index contributed by atoms with van der Waals surface area (Å²) in [5.41, 5.74) is 1.68. The molecule has 1 atom stereocenters. The second-order valence-corrected chi connectivity index (χ2v) is 7.04. The molecule has 25 heavy (non-hydrogen) atoms. The Bertz CT molecular complexity index is 945. The first-order valence-electron chi connectivity index (χ1n) is 8.16. The molecule has 0 spiro atoms. The lowest BCUT2D eigenvalue weighted by Crippen LogP contribution is -2.42. The molecule has 4 rings (SSSR count). The molecule has 3 heterocycles. The summed E-state index contributed by atoms with van der Waals surface area (Å²) >= 11 is 1.58. The first-order valence-corrected chi connectivity index (χ1v) is 9.04. The number of thiophene rings is 1. The van der Waals surface area contributed by atoms with Gasteiger partial charge in [0.05, 0.1) is 30.3 Å². The molecule has 3 aromatic rings. The molecule has 0 unspecified atom stereocenters. The van der Waals surface area contributed by atoms with Gasteiger partial charge in [-0.2, -0.15) is 5.10 Å². The molecule has 0 saturated heterocycles. The van der Waals surface area contributed by atoms with Gasteiger partial charge in [-0.1, -0.05) is 18.2 Å². The summed E-state index contributed by atoms with van der Waals surface area (Å²) in [4.78, 5) is 26.8. The summed E-state index contributed by atoms with van der Waals surface area (Å²) in [5.74, 6) is -0.0476. The van der Waals surface area contributed by atoms with Gasteiger partial charge < -0.3 is 10.2 Å². The Morgan fingerprint density at radius 1 is 1.32 bits per heavy atom. The number of aromatic nitrogens is 2. The van der Waals surface area contributed by atoms with Crippen LogP contribution < -0.4 is 5.32 Å². The van der Waals surface area contributed by atoms with E-state index < -0.39 is 0 Å². The number of benzene rings is 1. The zero-order valence-corrected chi connectivity index (χ0v) is 14.6. The highest BCUT2D eigenvalue weighted by atomic mass is 32.1. The Kier molecular flexibility index (Phi) is 4.01. The normalized spacial score (nSPS) is 16.7. The van der Waals surface area contributed by atoms with Crippen LogP contribution in [0.1, 0.15) is 28.5 Å². The maximum atomic E-state index is 13.1. The number of nitrogens with zero attached hydrogens (tertiary/aromatic N) is 3. The number of rotatable bonds is 3. The third-order valence-electron chi connectivity index (χ3n) is 4.58. The number of hydrogen-bond donors (Lipinski definition) is 1. The number of carbonyl (C=O) groups excluding carboxylic acids is 2. The number of nitrogens with one attached hydrogen (secondary N) is 1. The van der Waals surface area contributed by atoms with Gasteiger partial charge in [0, 0.05) is 35.3 Å². The molecule has 2 aromatic heterocycles. The molecule has 2 amide bonds. The SMILES string of the molecule is CNC(=O)C[C@@H]1CN(C(=O)c2csc3ccccc23)Cc2ccnn21. The molecular formula is C18H18N4O2S. The Morgan fingerprint density at radius 3 is 3.00 bits per heavy atom. The van der Waals surface area contributed by atoms with Crippen molar-refractivity contribution in [1.82, 2.24) is 20.0 Å². The van der Waals surface area contributed by atoms with Crippen LogP contribution in [0.3, 0.4) is 0 Å². The van der Waals surface area contributed by atoms with Gasteiger partial charge in [0.2, 0.25) is 5.91 Å². The van der Waals surface area contributed by atoms with Gasteiger partial charge in [0.25, 0.3) is 5.91 Å². The van der Waals surface area contributed by atoms with Crippen LogP contribution in [-0.4, -0.2) is 40.1 Å². The lowest BCUT2D eigenvalue weighted by atomic mass is 10.1. The number of amides is 2. The fourth-order valence-corrected chi connectivity index (χ4v) is 4.26. The van der Waals surface area contributed by atoms with Crippen LogP contribution in [0.15, 0.2) is 41.9 Å². The maximum absolute atomic E-state index is 13.1. The average molecular weight is 354 g/mol. The molecule has 1 aromatic carbocycles. The number of fused-ring (bicyclic) bond motifs is 2. The van der Waals surface area contributed by atoms with Crippen molar-refractivity contribution in [3.05, 3.63) is 53.2 Å². The lowest BCUT2D eigenvalue weighted by Gasteiger charge is -2.33. The Labute approximate surface area is 149 Å². The zero-order valence-electron chi connectivity index (χ0n) is 13.8. The number of carbonyl (C=O) groups is 2. The van der Waals surface area contributed by atoms with Crippen molar-refractivity contribution in [3.8, 4) is 0 Å². The third-order valence-corrected chi connectivity index (χ3v) is 5.54. The fourth-order valence-electron chi connectivity index (χ4n) is 3.32. The summed E-state index contributed by atoms with van der Waals surface area (Å²) in [6, 6.07) is 9.69. The molecule has 1 aliphatic heterocycles. The van der Waals surface area contributed by atoms with E-state index in [0.717, 1.165) is 21.3 Å². The third kappa shape index (κ3) is 2.80. The van der Waals surface area contributed by atoms with E-state index in [1.165, 1.54) is 0 Å². The van der Waals surface area contributed by atoms with Gasteiger partial charge in [-0.3, -0.25) is 14.3 Å². The van der Waals surface area contributed by atoms with Crippen LogP contribution in [0.2, 0.25) is 0 Å². The van der Waals surface area contributed by atoms with Crippen LogP contribution in [0.4, 0.5) is 0 Å². The van der Waals surface area contributed by atoms with Gasteiger partial charge in [0.1, 0.15) is 0 Å². The summed E-state index contributed by atoms with van der Waals surface area (Å²) in [6.07, 6.45) is 2.03. The van der Waals surface area contributed by atoms with Crippen molar-refractivity contribution in [2.75, 3.05) is 13.6 Å². The molecule has 0 fully saturated rings. The van der Waals surface area contributed by atoms with Crippen LogP contribution in [0, 0.1) is 0 Å². The maximum Gasteiger partial charge on any atom is 0.255 e. The van der Waals surface area contributed by atoms with Crippen molar-refractivity contribution in [2.24, 2.45) is 0 Å². The molecule has 6 nitrogen and oxygen atoms in total. The molecule has 1 aliphatic rings. The number of hydrogen-bond acceptors (Lipinski definition) is 4. The summed E-state index contributed by atoms with van der Waals surface area (Å²) < 4.78 is 2.97. The molecule has 0 saturated carbocycles. The summed E-state index contributed by atoms with van der Waals surface area (Å²) in [6.45, 7) is 0.984. The van der Waals surface area contributed by atoms with Crippen LogP contribution in [-0.2, 0) is 11.3 Å². The minimum absolute atomic E-state index is 0.00630. The quantitative estimate of drug-likeness (QED) is 0.785. The fraction of sp³-hybridized carbons (Fsp3) is 0.278. The van der Waals surface area contributed by atoms with E-state index in [2.05, 4.69) is 10.4 Å². The first kappa shape index (κ1) is 15.8. The van der Waals surface area contributed by atoms with Crippen molar-refractivity contribution in [2.45, 2.75) is 19.0 Å². The Hall–Kier alpha value is -2.67. The standard InChI is InChI=1S/C18H18N4O2S/c1-19-17(23)8-13-10-21(9-12-6-7-20-22(12)13)18(24)15-11-25-16-5-3-2-4-14(15)16/h2-7,11,13H,8-10H2,1H3,(H,19,23)/t13-/m1/s1. The van der Waals surface area contributed by atoms with Crippen LogP contribution in [0.5, 0.6) is 0 Å². The molecule has 128 valence electrons. The van der Waals surface area contributed by atoms with Crippen LogP contribution in [0.25, 0.3) is 10.1 Å². The predicted octanol–water partition coefficient (Wildman–Crippen LogP) is 2.43. The van der Waals surface area contributed by atoms with Gasteiger partial charge in [-0.25, -0.2) is 0 Å². The second kappa shape index (κ2) is 6.33. The van der Waals surface area contributed by atoms with E-state index in [-0.39, 0.29) is 17.9 Å². The molecule has 7 heteroatoms. The Morgan fingerprint density at radius 2 is 2.16 bits per heavy atom. The van der Waals surface area contributed by atoms with Gasteiger partial charge in [-0.05, 0) is 12.1 Å². The topological polar surface area (TPSA) is 67.2 Å². The minimum Gasteiger partial charge on any atom is -0.359 e. The molecular weight excluding hydrogens is 336 g/mol. The van der Waals surface area contributed by atoms with E-state index in [1.54, 1.807) is 24.6 Å². The minimum atomic E-state index is -0.146. The van der Waals surface area contributed by atoms with Gasteiger partial charge in [-0.15, -0.1) is 11.3 Å².